The lowest BCUT2D eigenvalue weighted by molar-refractivity contribution is -0.147. The Hall–Kier alpha value is -6.55. The zero-order chi connectivity index (χ0) is 38.7. The van der Waals surface area contributed by atoms with Crippen molar-refractivity contribution in [3.8, 4) is 22.9 Å². The van der Waals surface area contributed by atoms with Crippen LogP contribution in [0.4, 0.5) is 10.1 Å². The number of hydrogen-bond acceptors (Lipinski definition) is 10. The topological polar surface area (TPSA) is 200 Å². The van der Waals surface area contributed by atoms with Gasteiger partial charge in [-0.25, -0.2) is 9.07 Å². The van der Waals surface area contributed by atoms with E-state index in [-0.39, 0.29) is 42.9 Å². The van der Waals surface area contributed by atoms with E-state index in [2.05, 4.69) is 15.6 Å². The summed E-state index contributed by atoms with van der Waals surface area (Å²) in [5.74, 6) is -3.09. The van der Waals surface area contributed by atoms with Gasteiger partial charge < -0.3 is 35.1 Å². The summed E-state index contributed by atoms with van der Waals surface area (Å²) in [6.07, 6.45) is 0.349. The van der Waals surface area contributed by atoms with E-state index in [0.29, 0.717) is 33.8 Å². The van der Waals surface area contributed by atoms with Crippen LogP contribution in [0.15, 0.2) is 83.8 Å². The normalized spacial score (nSPS) is 11.2. The van der Waals surface area contributed by atoms with Gasteiger partial charge in [0.1, 0.15) is 23.2 Å². The van der Waals surface area contributed by atoms with E-state index in [4.69, 9.17) is 24.4 Å². The Morgan fingerprint density at radius 1 is 0.943 bits per heavy atom. The molecule has 1 unspecified atom stereocenters. The van der Waals surface area contributed by atoms with Gasteiger partial charge in [-0.05, 0) is 63.4 Å². The van der Waals surface area contributed by atoms with E-state index >= 15 is 4.39 Å². The number of halogens is 1. The van der Waals surface area contributed by atoms with E-state index in [1.165, 1.54) is 16.8 Å². The molecule has 15 nitrogen and oxygen atoms in total. The third-order valence-corrected chi connectivity index (χ3v) is 7.58. The molecule has 3 aromatic carbocycles. The molecule has 1 amide bonds. The number of carbonyl (C=O) groups is 4. The molecule has 278 valence electrons. The molecule has 0 radical (unpaired) electrons. The number of para-hydroxylation sites is 1. The highest BCUT2D eigenvalue weighted by molar-refractivity contribution is 6.05. The van der Waals surface area contributed by atoms with Crippen molar-refractivity contribution in [2.45, 2.75) is 39.3 Å². The maximum atomic E-state index is 15.2. The number of aliphatic carboxylic acids is 2. The minimum atomic E-state index is -1.08. The number of ether oxygens (including phenoxy) is 3. The maximum Gasteiger partial charge on any atom is 0.320 e. The Kier molecular flexibility index (Phi) is 13.4. The molecule has 16 heteroatoms. The zero-order valence-electron chi connectivity index (χ0n) is 29.3. The highest BCUT2D eigenvalue weighted by atomic mass is 19.1. The lowest BCUT2D eigenvalue weighted by atomic mass is 10.2. The van der Waals surface area contributed by atoms with Crippen LogP contribution in [0, 0.1) is 12.7 Å². The lowest BCUT2D eigenvalue weighted by Crippen LogP contribution is -2.30. The van der Waals surface area contributed by atoms with Gasteiger partial charge in [-0.15, -0.1) is 0 Å². The smallest absolute Gasteiger partial charge is 0.320 e. The molecule has 2 aromatic heterocycles. The monoisotopic (exact) mass is 731 g/mol. The first-order valence-electron chi connectivity index (χ1n) is 16.2. The Morgan fingerprint density at radius 3 is 2.26 bits per heavy atom. The second kappa shape index (κ2) is 18.1. The summed E-state index contributed by atoms with van der Waals surface area (Å²) < 4.78 is 34.7. The first-order chi connectivity index (χ1) is 25.3. The number of carboxylic acid groups (broad SMARTS) is 2. The second-order valence-electron chi connectivity index (χ2n) is 11.5. The number of esters is 1. The number of carbonyl (C=O) groups excluding carboxylic acids is 2. The molecule has 0 saturated heterocycles. The molecular formula is C37H38FN5O10. The van der Waals surface area contributed by atoms with Crippen molar-refractivity contribution >= 4 is 40.4 Å². The molecular weight excluding hydrogens is 693 g/mol. The number of anilines is 1. The summed E-state index contributed by atoms with van der Waals surface area (Å²) in [6, 6.07) is 19.7. The molecule has 4 N–H and O–H groups in total. The molecule has 5 aromatic rings. The van der Waals surface area contributed by atoms with Crippen LogP contribution in [0.5, 0.6) is 17.2 Å². The van der Waals surface area contributed by atoms with Crippen LogP contribution in [0.25, 0.3) is 16.6 Å². The number of nitrogens with one attached hydrogen (secondary N) is 2. The molecule has 0 saturated carbocycles. The van der Waals surface area contributed by atoms with Gasteiger partial charge in [0.15, 0.2) is 11.6 Å². The number of fused-ring (bicyclic) bond motifs is 1. The predicted molar refractivity (Wildman–Crippen MR) is 191 cm³/mol. The van der Waals surface area contributed by atoms with Crippen LogP contribution in [-0.4, -0.2) is 75.2 Å². The predicted octanol–water partition coefficient (Wildman–Crippen LogP) is 4.77. The maximum absolute atomic E-state index is 15.2. The number of pyridine rings is 1. The Labute approximate surface area is 302 Å². The van der Waals surface area contributed by atoms with Gasteiger partial charge in [-0.3, -0.25) is 33.6 Å². The van der Waals surface area contributed by atoms with E-state index in [1.54, 1.807) is 93.5 Å². The molecule has 53 heavy (non-hydrogen) atoms. The van der Waals surface area contributed by atoms with Crippen molar-refractivity contribution in [1.82, 2.24) is 19.7 Å². The van der Waals surface area contributed by atoms with Crippen LogP contribution in [0.2, 0.25) is 0 Å². The van der Waals surface area contributed by atoms with E-state index < -0.39 is 41.3 Å². The summed E-state index contributed by atoms with van der Waals surface area (Å²) in [6.45, 7) is 3.47. The highest BCUT2D eigenvalue weighted by Crippen LogP contribution is 2.33. The largest absolute Gasteiger partial charge is 0.497 e. The molecule has 0 aliphatic carbocycles. The molecule has 0 fully saturated rings. The quantitative estimate of drug-likeness (QED) is 0.114. The number of amides is 1. The molecule has 5 rings (SSSR count). The zero-order valence-corrected chi connectivity index (χ0v) is 29.3. The van der Waals surface area contributed by atoms with Crippen LogP contribution >= 0.6 is 0 Å². The van der Waals surface area contributed by atoms with Crippen molar-refractivity contribution in [1.29, 1.82) is 0 Å². The van der Waals surface area contributed by atoms with Crippen LogP contribution in [0.1, 0.15) is 35.8 Å². The Morgan fingerprint density at radius 2 is 1.64 bits per heavy atom. The second-order valence-corrected chi connectivity index (χ2v) is 11.5. The van der Waals surface area contributed by atoms with Crippen molar-refractivity contribution in [2.24, 2.45) is 0 Å². The molecule has 0 bridgehead atoms. The fourth-order valence-corrected chi connectivity index (χ4v) is 5.15. The van der Waals surface area contributed by atoms with Gasteiger partial charge in [-0.1, -0.05) is 18.2 Å². The first-order valence-corrected chi connectivity index (χ1v) is 16.2. The van der Waals surface area contributed by atoms with Crippen LogP contribution in [0.3, 0.4) is 0 Å². The summed E-state index contributed by atoms with van der Waals surface area (Å²) in [4.78, 5) is 62.8. The minimum Gasteiger partial charge on any atom is -0.497 e. The number of hydrogen-bond donors (Lipinski definition) is 4. The van der Waals surface area contributed by atoms with Crippen LogP contribution in [-0.2, 0) is 25.7 Å². The summed E-state index contributed by atoms with van der Waals surface area (Å²) >= 11 is 0. The van der Waals surface area contributed by atoms with Crippen molar-refractivity contribution in [3.05, 3.63) is 106 Å². The summed E-state index contributed by atoms with van der Waals surface area (Å²) in [5.41, 5.74) is 0.901. The third kappa shape index (κ3) is 10.3. The minimum absolute atomic E-state index is 0.0307. The van der Waals surface area contributed by atoms with Crippen molar-refractivity contribution in [2.75, 3.05) is 26.0 Å². The van der Waals surface area contributed by atoms with Gasteiger partial charge in [-0.2, -0.15) is 0 Å². The van der Waals surface area contributed by atoms with Gasteiger partial charge in [0, 0.05) is 29.4 Å². The third-order valence-electron chi connectivity index (χ3n) is 7.58. The standard InChI is InChI=1S/C33H32FN5O6.C4H6O4/c1-20(44-30(40)18-35-3)19-38-21(2)31(33(42)39(38)23-8-6-5-7-9-23)32(41)37-22-10-13-29(26(34)16-22)45-28-14-15-36-27-17-24(43-4)11-12-25(27)28;5-3(6)1-2-4(7)8/h5-17,20,35H,18-19H2,1-4H3,(H,37,41);1-2H2,(H,5,6)(H,7,8). The molecule has 0 spiro atoms. The molecule has 0 aliphatic heterocycles. The average molecular weight is 732 g/mol. The van der Waals surface area contributed by atoms with Gasteiger partial charge >= 0.3 is 17.9 Å². The Balaban J connectivity index is 0.000000703. The fraction of sp³-hybridized carbons (Fsp3) is 0.243. The van der Waals surface area contributed by atoms with Gasteiger partial charge in [0.05, 0.1) is 49.9 Å². The van der Waals surface area contributed by atoms with E-state index in [9.17, 15) is 24.0 Å². The highest BCUT2D eigenvalue weighted by Gasteiger charge is 2.26. The fourth-order valence-electron chi connectivity index (χ4n) is 5.15. The first kappa shape index (κ1) is 39.2. The van der Waals surface area contributed by atoms with Crippen molar-refractivity contribution < 1.29 is 48.0 Å². The number of nitrogens with zero attached hydrogens (tertiary/aromatic N) is 3. The van der Waals surface area contributed by atoms with E-state index in [1.807, 2.05) is 0 Å². The number of carboxylic acids is 2. The molecule has 1 atom stereocenters. The number of rotatable bonds is 14. The lowest BCUT2D eigenvalue weighted by Gasteiger charge is -2.18. The average Bonchev–Trinajstić information content (AvgIpc) is 3.36. The number of aromatic nitrogens is 3. The number of likely N-dealkylation sites (N-methyl/N-ethyl adjacent to an activating group) is 1. The Bertz CT molecular complexity index is 2150. The van der Waals surface area contributed by atoms with Gasteiger partial charge in [0.25, 0.3) is 11.5 Å². The molecule has 0 aliphatic rings. The summed E-state index contributed by atoms with van der Waals surface area (Å²) in [7, 11) is 3.19. The SMILES string of the molecule is CNCC(=O)OC(C)Cn1c(C)c(C(=O)Nc2ccc(Oc3ccnc4cc(OC)ccc34)c(F)c2)c(=O)n1-c1ccccc1.O=C(O)CCC(=O)O. The number of methoxy groups -OCH3 is 1. The van der Waals surface area contributed by atoms with E-state index in [0.717, 1.165) is 6.07 Å². The van der Waals surface area contributed by atoms with Gasteiger partial charge in [0.2, 0.25) is 0 Å². The van der Waals surface area contributed by atoms with Crippen LogP contribution < -0.4 is 25.7 Å². The number of benzene rings is 3. The van der Waals surface area contributed by atoms with Crippen molar-refractivity contribution in [3.63, 3.8) is 0 Å². The molecule has 2 heterocycles. The summed E-state index contributed by atoms with van der Waals surface area (Å²) in [5, 5.41) is 21.8.